The number of pyridine rings is 1. The number of nitrogens with zero attached hydrogens (tertiary/aromatic N) is 2. The van der Waals surface area contributed by atoms with E-state index in [9.17, 15) is 9.59 Å². The third-order valence-corrected chi connectivity index (χ3v) is 5.96. The molecule has 1 aliphatic rings. The van der Waals surface area contributed by atoms with Gasteiger partial charge in [-0.2, -0.15) is 0 Å². The van der Waals surface area contributed by atoms with Crippen molar-refractivity contribution in [1.82, 2.24) is 15.2 Å². The molecule has 0 radical (unpaired) electrons. The highest BCUT2D eigenvalue weighted by atomic mass is 35.5. The summed E-state index contributed by atoms with van der Waals surface area (Å²) < 4.78 is 0. The number of thiophene rings is 1. The van der Waals surface area contributed by atoms with Gasteiger partial charge in [-0.3, -0.25) is 14.6 Å². The third-order valence-electron chi connectivity index (χ3n) is 4.87. The second kappa shape index (κ2) is 9.85. The normalized spacial score (nSPS) is 15.9. The first-order valence-corrected chi connectivity index (χ1v) is 10.7. The molecular weight excluding hydrogens is 382 g/mol. The van der Waals surface area contributed by atoms with E-state index in [0.29, 0.717) is 6.54 Å². The minimum atomic E-state index is -0.719. The van der Waals surface area contributed by atoms with E-state index in [1.807, 2.05) is 17.5 Å². The number of hydrogen-bond donors (Lipinski definition) is 1. The maximum Gasteiger partial charge on any atom is 0.247 e. The number of aromatic nitrogens is 1. The van der Waals surface area contributed by atoms with Gasteiger partial charge >= 0.3 is 0 Å². The summed E-state index contributed by atoms with van der Waals surface area (Å²) in [5.74, 6) is -0.572. The van der Waals surface area contributed by atoms with Gasteiger partial charge in [0.2, 0.25) is 11.8 Å². The van der Waals surface area contributed by atoms with Gasteiger partial charge in [-0.25, -0.2) is 0 Å². The molecule has 1 aliphatic carbocycles. The molecule has 2 amide bonds. The first kappa shape index (κ1) is 19.8. The molecule has 27 heavy (non-hydrogen) atoms. The van der Waals surface area contributed by atoms with Crippen LogP contribution in [0.15, 0.2) is 42.0 Å². The Hall–Kier alpha value is -1.92. The summed E-state index contributed by atoms with van der Waals surface area (Å²) >= 11 is 7.44. The molecule has 3 rings (SSSR count). The molecule has 2 aromatic heterocycles. The number of rotatable bonds is 7. The van der Waals surface area contributed by atoms with Crippen LogP contribution in [0.4, 0.5) is 0 Å². The van der Waals surface area contributed by atoms with Crippen molar-refractivity contribution in [2.75, 3.05) is 5.88 Å². The van der Waals surface area contributed by atoms with Crippen molar-refractivity contribution in [2.45, 2.75) is 50.7 Å². The zero-order valence-electron chi connectivity index (χ0n) is 15.1. The summed E-state index contributed by atoms with van der Waals surface area (Å²) in [7, 11) is 0. The highest BCUT2D eigenvalue weighted by Gasteiger charge is 2.32. The molecule has 144 valence electrons. The Morgan fingerprint density at radius 2 is 1.96 bits per heavy atom. The van der Waals surface area contributed by atoms with E-state index >= 15 is 0 Å². The summed E-state index contributed by atoms with van der Waals surface area (Å²) in [6, 6.07) is 6.92. The molecule has 0 bridgehead atoms. The van der Waals surface area contributed by atoms with E-state index in [2.05, 4.69) is 10.3 Å². The Morgan fingerprint density at radius 1 is 1.22 bits per heavy atom. The van der Waals surface area contributed by atoms with E-state index in [1.54, 1.807) is 40.8 Å². The van der Waals surface area contributed by atoms with Crippen LogP contribution in [0.5, 0.6) is 0 Å². The van der Waals surface area contributed by atoms with Gasteiger partial charge in [0, 0.05) is 23.3 Å². The van der Waals surface area contributed by atoms with E-state index in [0.717, 1.165) is 36.1 Å². The van der Waals surface area contributed by atoms with E-state index < -0.39 is 6.04 Å². The molecule has 5 nitrogen and oxygen atoms in total. The van der Waals surface area contributed by atoms with Crippen LogP contribution in [0.3, 0.4) is 0 Å². The smallest absolute Gasteiger partial charge is 0.247 e. The molecule has 2 heterocycles. The van der Waals surface area contributed by atoms with Crippen LogP contribution in [-0.4, -0.2) is 33.6 Å². The molecule has 1 N–H and O–H groups in total. The average molecular weight is 406 g/mol. The van der Waals surface area contributed by atoms with Gasteiger partial charge in [-0.15, -0.1) is 22.9 Å². The van der Waals surface area contributed by atoms with Crippen molar-refractivity contribution in [3.63, 3.8) is 0 Å². The fraction of sp³-hybridized carbons (Fsp3) is 0.450. The maximum atomic E-state index is 13.2. The zero-order chi connectivity index (χ0) is 19.1. The number of nitrogens with one attached hydrogen (secondary N) is 1. The van der Waals surface area contributed by atoms with Gasteiger partial charge < -0.3 is 10.2 Å². The van der Waals surface area contributed by atoms with Crippen LogP contribution in [-0.2, 0) is 16.1 Å². The van der Waals surface area contributed by atoms with Crippen LogP contribution >= 0.6 is 22.9 Å². The molecule has 2 aromatic rings. The van der Waals surface area contributed by atoms with Crippen molar-refractivity contribution in [3.05, 3.63) is 52.5 Å². The van der Waals surface area contributed by atoms with Crippen LogP contribution in [0.25, 0.3) is 0 Å². The number of halogens is 1. The summed E-state index contributed by atoms with van der Waals surface area (Å²) in [5.41, 5.74) is 0.744. The topological polar surface area (TPSA) is 62.3 Å². The predicted octanol–water partition coefficient (Wildman–Crippen LogP) is 3.90. The van der Waals surface area contributed by atoms with Gasteiger partial charge in [-0.05, 0) is 42.0 Å². The van der Waals surface area contributed by atoms with Crippen LogP contribution in [0.2, 0.25) is 0 Å². The van der Waals surface area contributed by atoms with Gasteiger partial charge in [0.05, 0.1) is 6.54 Å². The Labute approximate surface area is 168 Å². The largest absolute Gasteiger partial charge is 0.351 e. The average Bonchev–Trinajstić information content (AvgIpc) is 3.22. The van der Waals surface area contributed by atoms with Crippen molar-refractivity contribution < 1.29 is 9.59 Å². The monoisotopic (exact) mass is 405 g/mol. The summed E-state index contributed by atoms with van der Waals surface area (Å²) in [6.07, 6.45) is 8.74. The zero-order valence-corrected chi connectivity index (χ0v) is 16.7. The minimum Gasteiger partial charge on any atom is -0.351 e. The number of alkyl halides is 1. The molecule has 1 saturated carbocycles. The van der Waals surface area contributed by atoms with Gasteiger partial charge in [-0.1, -0.05) is 25.3 Å². The summed E-state index contributed by atoms with van der Waals surface area (Å²) in [5, 5.41) is 5.12. The van der Waals surface area contributed by atoms with Crippen molar-refractivity contribution >= 4 is 34.8 Å². The van der Waals surface area contributed by atoms with Crippen molar-refractivity contribution in [2.24, 2.45) is 0 Å². The molecule has 0 aliphatic heterocycles. The molecule has 0 aromatic carbocycles. The number of carbonyl (C=O) groups excluding carboxylic acids is 2. The van der Waals surface area contributed by atoms with Gasteiger partial charge in [0.1, 0.15) is 11.9 Å². The first-order chi connectivity index (χ1) is 13.2. The number of hydrogen-bond acceptors (Lipinski definition) is 4. The molecule has 1 fully saturated rings. The number of carbonyl (C=O) groups is 2. The lowest BCUT2D eigenvalue weighted by molar-refractivity contribution is -0.140. The number of amides is 2. The van der Waals surface area contributed by atoms with Crippen LogP contribution < -0.4 is 5.32 Å². The third kappa shape index (κ3) is 5.30. The lowest BCUT2D eigenvalue weighted by Crippen LogP contribution is -2.47. The standard InChI is InChI=1S/C20H24ClN3O2S/c21-13-18(25)24(14-17-7-4-12-27-17)19(15-8-10-22-11-9-15)20(26)23-16-5-2-1-3-6-16/h4,7-12,16,19H,1-3,5-6,13-14H2,(H,23,26). The summed E-state index contributed by atoms with van der Waals surface area (Å²) in [4.78, 5) is 32.5. The van der Waals surface area contributed by atoms with Gasteiger partial charge in [0.25, 0.3) is 0 Å². The second-order valence-electron chi connectivity index (χ2n) is 6.76. The first-order valence-electron chi connectivity index (χ1n) is 9.27. The lowest BCUT2D eigenvalue weighted by atomic mass is 9.94. The minimum absolute atomic E-state index is 0.150. The van der Waals surface area contributed by atoms with E-state index in [4.69, 9.17) is 11.6 Å². The molecule has 1 unspecified atom stereocenters. The Morgan fingerprint density at radius 3 is 2.59 bits per heavy atom. The van der Waals surface area contributed by atoms with E-state index in [1.165, 1.54) is 6.42 Å². The highest BCUT2D eigenvalue weighted by Crippen LogP contribution is 2.26. The fourth-order valence-electron chi connectivity index (χ4n) is 3.52. The van der Waals surface area contributed by atoms with Crippen molar-refractivity contribution in [3.8, 4) is 0 Å². The molecule has 0 saturated heterocycles. The van der Waals surface area contributed by atoms with Crippen LogP contribution in [0.1, 0.15) is 48.6 Å². The molecular formula is C20H24ClN3O2S. The highest BCUT2D eigenvalue weighted by molar-refractivity contribution is 7.09. The maximum absolute atomic E-state index is 13.2. The van der Waals surface area contributed by atoms with Crippen LogP contribution in [0, 0.1) is 0 Å². The SMILES string of the molecule is O=C(NC1CCCCC1)C(c1ccncc1)N(Cc1cccs1)C(=O)CCl. The Kier molecular flexibility index (Phi) is 7.24. The van der Waals surface area contributed by atoms with E-state index in [-0.39, 0.29) is 23.7 Å². The fourth-order valence-corrected chi connectivity index (χ4v) is 4.37. The Bertz CT molecular complexity index is 733. The quantitative estimate of drug-likeness (QED) is 0.710. The Balaban J connectivity index is 1.88. The molecule has 1 atom stereocenters. The van der Waals surface area contributed by atoms with Crippen molar-refractivity contribution in [1.29, 1.82) is 0 Å². The van der Waals surface area contributed by atoms with Gasteiger partial charge in [0.15, 0.2) is 0 Å². The predicted molar refractivity (Wildman–Crippen MR) is 108 cm³/mol. The molecule has 0 spiro atoms. The lowest BCUT2D eigenvalue weighted by Gasteiger charge is -2.32. The molecule has 7 heteroatoms. The summed E-state index contributed by atoms with van der Waals surface area (Å²) in [6.45, 7) is 0.355. The second-order valence-corrected chi connectivity index (χ2v) is 8.06.